The highest BCUT2D eigenvalue weighted by Crippen LogP contribution is 2.70. The molecule has 4 amide bonds. The number of hydrogen-bond donors (Lipinski definition) is 7. The number of ether oxygens (including phenoxy) is 5. The van der Waals surface area contributed by atoms with Crippen LogP contribution in [-0.2, 0) is 64.1 Å². The molecule has 5 aliphatic heterocycles. The van der Waals surface area contributed by atoms with E-state index in [9.17, 15) is 19.2 Å². The largest absolute Gasteiger partial charge is 0.489 e. The van der Waals surface area contributed by atoms with Crippen LogP contribution in [0.25, 0.3) is 43.3 Å². The number of carbonyl (C=O) groups excluding carboxylic acids is 4. The molecule has 0 radical (unpaired) electrons. The number of H-pyrrole nitrogens is 3. The molecular formula is C100H79N15O9S. The van der Waals surface area contributed by atoms with Gasteiger partial charge in [0.25, 0.3) is 0 Å². The van der Waals surface area contributed by atoms with Crippen molar-refractivity contribution < 1.29 is 42.9 Å². The zero-order chi connectivity index (χ0) is 83.0. The molecule has 24 nitrogen and oxygen atoms in total. The summed E-state index contributed by atoms with van der Waals surface area (Å²) >= 11 is 1.84. The Labute approximate surface area is 718 Å². The number of amides is 4. The molecule has 13 heterocycles. The normalized spacial score (nSPS) is 23.0. The predicted octanol–water partition coefficient (Wildman–Crippen LogP) is 19.4. The number of rotatable bonds is 12. The summed E-state index contributed by atoms with van der Waals surface area (Å²) in [4.78, 5) is 93.8. The van der Waals surface area contributed by atoms with Gasteiger partial charge in [-0.25, -0.2) is 39.9 Å². The summed E-state index contributed by atoms with van der Waals surface area (Å²) in [6, 6.07) is 63.9. The minimum absolute atomic E-state index is 0.00563. The number of imidazole rings is 3. The topological polar surface area (TPSA) is 313 Å². The van der Waals surface area contributed by atoms with E-state index in [1.54, 1.807) is 24.8 Å². The van der Waals surface area contributed by atoms with E-state index in [-0.39, 0.29) is 41.6 Å². The Morgan fingerprint density at radius 3 is 1.18 bits per heavy atom. The monoisotopic (exact) mass is 1670 g/mol. The molecule has 16 aromatic rings. The van der Waals surface area contributed by atoms with Crippen LogP contribution < -0.4 is 45.0 Å². The molecule has 7 aliphatic carbocycles. The second-order valence-electron chi connectivity index (χ2n) is 34.8. The highest BCUT2D eigenvalue weighted by atomic mass is 32.1. The van der Waals surface area contributed by atoms with Gasteiger partial charge in [0.1, 0.15) is 98.6 Å². The van der Waals surface area contributed by atoms with Crippen LogP contribution in [0.4, 0.5) is 23.3 Å². The summed E-state index contributed by atoms with van der Waals surface area (Å²) < 4.78 is 32.5. The number of aryl methyl sites for hydroxylation is 1. The van der Waals surface area contributed by atoms with Gasteiger partial charge >= 0.3 is 0 Å². The van der Waals surface area contributed by atoms with Crippen molar-refractivity contribution >= 4 is 102 Å². The summed E-state index contributed by atoms with van der Waals surface area (Å²) in [5, 5.41) is 12.6. The number of carbonyl (C=O) groups is 4. The number of thiazole rings is 1. The van der Waals surface area contributed by atoms with Crippen LogP contribution in [0.3, 0.4) is 0 Å². The van der Waals surface area contributed by atoms with Crippen LogP contribution in [0.1, 0.15) is 162 Å². The molecule has 28 rings (SSSR count). The number of benzene rings is 8. The molecule has 0 bridgehead atoms. The standard InChI is InChI=1S/C26H22N4O2.C25H20N4O2.C25H19N3O2S.C24H18N4O3/c1-13-2-6-19-20(10-13)29-26(28-19)24-18-11-14-3-4-15(12-17(14)23(18)24)32-21-8-9-27-25-16(21)5-7-22(31)30-25;30-21-8-7-15-20(9-10-26-24(15)29-21)31-14-6-5-13-11-17-22(16(13)12-14)23(17)25-27-18-3-1-2-4-19(18)28-25;29-21-8-7-15-19(9-10-26-24(15)28-21)30-14-6-5-13-11-17-22(16(13)12-14)23(17)25-27-18-3-1-2-4-20(18)31-25;29-19-8-6-13-18(9-10-25-23(13)28-19)30-12-5-7-17-14(11-12)20-21(22(20)31-17)24-26-15-3-1-2-4-16(15)27-24/h2-4,6,8-10,12,18,23-24H,5,7,11H2,1H3,(H,28,29)(H,27,30,31);1-6,9-10,12,17,22-23H,7-8,11H2,(H,27,28)(H,26,29,30);1-6,9-10,12,17,22-23H,7-8,11H2,(H,26,28,29);1-5,7,9-11,20-22H,6,8H2,(H,26,27)(H,25,28,29). The second-order valence-corrected chi connectivity index (χ2v) is 35.8. The molecule has 4 saturated carbocycles. The van der Waals surface area contributed by atoms with E-state index in [4.69, 9.17) is 43.6 Å². The number of para-hydroxylation sites is 5. The van der Waals surface area contributed by atoms with Gasteiger partial charge in [0, 0.05) is 102 Å². The smallest absolute Gasteiger partial charge is 0.225 e. The number of aromatic nitrogens is 11. The molecule has 12 atom stereocenters. The Hall–Kier alpha value is -14.5. The Balaban J connectivity index is 0.0000000911. The maximum absolute atomic E-state index is 11.7. The third kappa shape index (κ3) is 13.1. The highest BCUT2D eigenvalue weighted by Gasteiger charge is 2.62. The Bertz CT molecular complexity index is 6660. The van der Waals surface area contributed by atoms with Crippen molar-refractivity contribution in [2.75, 3.05) is 21.3 Å². The van der Waals surface area contributed by atoms with Gasteiger partial charge in [-0.05, 0) is 254 Å². The van der Waals surface area contributed by atoms with E-state index in [1.807, 2.05) is 90.2 Å². The number of aromatic amines is 3. The molecule has 614 valence electrons. The van der Waals surface area contributed by atoms with Gasteiger partial charge in [0.15, 0.2) is 0 Å². The van der Waals surface area contributed by atoms with Crippen molar-refractivity contribution in [2.45, 2.75) is 131 Å². The highest BCUT2D eigenvalue weighted by molar-refractivity contribution is 7.18. The number of hydrogen-bond acceptors (Lipinski definition) is 18. The average molecular weight is 1670 g/mol. The summed E-state index contributed by atoms with van der Waals surface area (Å²) in [5.74, 6) is 18.3. The third-order valence-electron chi connectivity index (χ3n) is 27.3. The fraction of sp³-hybridized carbons (Fsp3) is 0.240. The van der Waals surface area contributed by atoms with E-state index in [1.165, 1.54) is 48.7 Å². The van der Waals surface area contributed by atoms with Crippen molar-refractivity contribution in [3.63, 3.8) is 0 Å². The number of nitrogens with zero attached hydrogens (tertiary/aromatic N) is 8. The second kappa shape index (κ2) is 28.8. The maximum atomic E-state index is 11.7. The van der Waals surface area contributed by atoms with E-state index >= 15 is 0 Å². The van der Waals surface area contributed by atoms with Gasteiger partial charge in [-0.2, -0.15) is 0 Å². The van der Waals surface area contributed by atoms with Crippen LogP contribution in [-0.4, -0.2) is 84.6 Å². The van der Waals surface area contributed by atoms with Crippen molar-refractivity contribution in [3.8, 4) is 51.7 Å². The number of anilines is 4. The minimum Gasteiger partial charge on any atom is -0.489 e. The Kier molecular flexibility index (Phi) is 16.9. The number of fused-ring (bicyclic) bond motifs is 20. The molecular weight excluding hydrogens is 1590 g/mol. The first-order valence-electron chi connectivity index (χ1n) is 43.1. The predicted molar refractivity (Wildman–Crippen MR) is 471 cm³/mol. The molecule has 125 heavy (non-hydrogen) atoms. The van der Waals surface area contributed by atoms with Crippen molar-refractivity contribution in [1.29, 1.82) is 0 Å². The molecule has 8 aromatic carbocycles. The SMILES string of the molecule is Cc1ccc2nc(C3C4Cc5ccc(Oc6ccnc7c6CCC(=O)N7)cc5C43)[nH]c2c1.O=C1CCc2c(Oc3ccc4c(c3)C3C(C4)C3c3nc4ccccc4[nH]3)ccnc2N1.O=C1CCc2c(Oc3ccc4c(c3)C3C(C4)C3c3nc4ccccc4s3)ccnc2N1.O=C1CCc2c(Oc3ccc4c(c3)C3C(O4)C3c3nc4ccccc4[nH]3)ccnc2N1. The summed E-state index contributed by atoms with van der Waals surface area (Å²) in [6.45, 7) is 2.11. The van der Waals surface area contributed by atoms with Crippen molar-refractivity contribution in [1.82, 2.24) is 54.8 Å². The van der Waals surface area contributed by atoms with E-state index in [0.717, 1.165) is 155 Å². The Morgan fingerprint density at radius 2 is 0.728 bits per heavy atom. The molecule has 8 aromatic heterocycles. The third-order valence-corrected chi connectivity index (χ3v) is 28.4. The van der Waals surface area contributed by atoms with Crippen LogP contribution in [0, 0.1) is 24.7 Å². The number of nitrogens with one attached hydrogen (secondary N) is 7. The van der Waals surface area contributed by atoms with E-state index in [2.05, 4.69) is 172 Å². The lowest BCUT2D eigenvalue weighted by molar-refractivity contribution is -0.117. The van der Waals surface area contributed by atoms with Crippen molar-refractivity contribution in [3.05, 3.63) is 302 Å². The molecule has 7 N–H and O–H groups in total. The summed E-state index contributed by atoms with van der Waals surface area (Å²) in [5.41, 5.74) is 22.1. The first-order chi connectivity index (χ1) is 61.4. The minimum atomic E-state index is -0.0109. The average Bonchev–Trinajstić information content (AvgIpc) is 1.55. The van der Waals surface area contributed by atoms with E-state index < -0.39 is 0 Å². The quantitative estimate of drug-likeness (QED) is 0.0598. The summed E-state index contributed by atoms with van der Waals surface area (Å²) in [6.07, 6.45) is 14.5. The molecule has 12 aliphatic rings. The first kappa shape index (κ1) is 73.3. The van der Waals surface area contributed by atoms with Crippen LogP contribution in [0.5, 0.6) is 51.7 Å². The fourth-order valence-corrected chi connectivity index (χ4v) is 22.3. The fourth-order valence-electron chi connectivity index (χ4n) is 21.1. The van der Waals surface area contributed by atoms with Crippen LogP contribution >= 0.6 is 11.3 Å². The lowest BCUT2D eigenvalue weighted by Gasteiger charge is -2.19. The molecule has 0 saturated heterocycles. The summed E-state index contributed by atoms with van der Waals surface area (Å²) in [7, 11) is 0. The lowest BCUT2D eigenvalue weighted by atomic mass is 10.0. The maximum Gasteiger partial charge on any atom is 0.225 e. The zero-order valence-corrected chi connectivity index (χ0v) is 68.4. The Morgan fingerprint density at radius 1 is 0.344 bits per heavy atom. The molecule has 0 spiro atoms. The number of pyridine rings is 4. The molecule has 12 unspecified atom stereocenters. The van der Waals surface area contributed by atoms with Gasteiger partial charge in [-0.1, -0.05) is 60.7 Å². The van der Waals surface area contributed by atoms with Crippen LogP contribution in [0.2, 0.25) is 0 Å². The van der Waals surface area contributed by atoms with Gasteiger partial charge in [0.05, 0.1) is 54.2 Å². The van der Waals surface area contributed by atoms with Gasteiger partial charge < -0.3 is 59.9 Å². The first-order valence-corrected chi connectivity index (χ1v) is 43.9. The van der Waals surface area contributed by atoms with Gasteiger partial charge in [-0.15, -0.1) is 11.3 Å². The molecule has 4 fully saturated rings. The van der Waals surface area contributed by atoms with Crippen LogP contribution in [0.15, 0.2) is 213 Å². The van der Waals surface area contributed by atoms with Crippen molar-refractivity contribution in [2.24, 2.45) is 17.8 Å². The lowest BCUT2D eigenvalue weighted by Crippen LogP contribution is -2.20. The molecule has 25 heteroatoms. The zero-order valence-electron chi connectivity index (χ0n) is 67.6. The van der Waals surface area contributed by atoms with Gasteiger partial charge in [-0.3, -0.25) is 19.2 Å². The van der Waals surface area contributed by atoms with E-state index in [0.29, 0.717) is 128 Å². The van der Waals surface area contributed by atoms with Gasteiger partial charge in [0.2, 0.25) is 23.6 Å².